The minimum atomic E-state index is -2.62. The molecule has 5 nitrogen and oxygen atoms in total. The zero-order chi connectivity index (χ0) is 17.5. The predicted molar refractivity (Wildman–Crippen MR) is 85.3 cm³/mol. The fourth-order valence-corrected chi connectivity index (χ4v) is 2.36. The number of para-hydroxylation sites is 1. The molecular weight excluding hydrogens is 340 g/mol. The van der Waals surface area contributed by atoms with Crippen molar-refractivity contribution in [3.05, 3.63) is 54.1 Å². The molecule has 24 heavy (non-hydrogen) atoms. The molecule has 0 aromatic heterocycles. The molecule has 0 fully saturated rings. The lowest BCUT2D eigenvalue weighted by Gasteiger charge is -2.10. The molecule has 1 amide bonds. The fraction of sp³-hybridized carbons (Fsp3) is 0.125. The highest BCUT2D eigenvalue weighted by Gasteiger charge is 2.14. The number of aromatic hydroxyl groups is 1. The van der Waals surface area contributed by atoms with Gasteiger partial charge in [-0.3, -0.25) is 4.79 Å². The van der Waals surface area contributed by atoms with Gasteiger partial charge in [0.1, 0.15) is 5.75 Å². The summed E-state index contributed by atoms with van der Waals surface area (Å²) in [5, 5.41) is 11.6. The summed E-state index contributed by atoms with van der Waals surface area (Å²) in [7, 11) is 0. The van der Waals surface area contributed by atoms with Gasteiger partial charge in [-0.1, -0.05) is 23.9 Å². The SMILES string of the molecule is O=C(COC(=O)c1ccc(O)cc1)Nc1ccccc1SC(F)F. The van der Waals surface area contributed by atoms with Crippen LogP contribution in [0, 0.1) is 0 Å². The molecule has 8 heteroatoms. The lowest BCUT2D eigenvalue weighted by atomic mass is 10.2. The molecule has 0 unspecified atom stereocenters. The molecule has 0 aliphatic carbocycles. The van der Waals surface area contributed by atoms with Gasteiger partial charge in [-0.2, -0.15) is 8.78 Å². The number of alkyl halides is 2. The summed E-state index contributed by atoms with van der Waals surface area (Å²) in [6, 6.07) is 11.4. The van der Waals surface area contributed by atoms with Gasteiger partial charge in [0, 0.05) is 4.90 Å². The standard InChI is InChI=1S/C16H13F2NO4S/c17-16(18)24-13-4-2-1-3-12(13)19-14(21)9-23-15(22)10-5-7-11(20)8-6-10/h1-8,16,20H,9H2,(H,19,21). The third kappa shape index (κ3) is 5.24. The van der Waals surface area contributed by atoms with Gasteiger partial charge in [0.05, 0.1) is 11.3 Å². The number of nitrogens with one attached hydrogen (secondary N) is 1. The van der Waals surface area contributed by atoms with Crippen molar-refractivity contribution >= 4 is 29.3 Å². The summed E-state index contributed by atoms with van der Waals surface area (Å²) in [5.74, 6) is -4.00. The van der Waals surface area contributed by atoms with Crippen molar-refractivity contribution in [1.82, 2.24) is 0 Å². The highest BCUT2D eigenvalue weighted by molar-refractivity contribution is 7.99. The minimum absolute atomic E-state index is 0.00238. The first kappa shape index (κ1) is 17.7. The van der Waals surface area contributed by atoms with Gasteiger partial charge >= 0.3 is 5.97 Å². The third-order valence-electron chi connectivity index (χ3n) is 2.81. The molecule has 0 saturated carbocycles. The van der Waals surface area contributed by atoms with Crippen LogP contribution in [0.25, 0.3) is 0 Å². The molecule has 2 rings (SSSR count). The lowest BCUT2D eigenvalue weighted by molar-refractivity contribution is -0.119. The average Bonchev–Trinajstić information content (AvgIpc) is 2.54. The van der Waals surface area contributed by atoms with Crippen LogP contribution in [0.5, 0.6) is 5.75 Å². The Morgan fingerprint density at radius 3 is 2.46 bits per heavy atom. The van der Waals surface area contributed by atoms with Crippen LogP contribution in [0.4, 0.5) is 14.5 Å². The van der Waals surface area contributed by atoms with E-state index in [2.05, 4.69) is 5.32 Å². The van der Waals surface area contributed by atoms with Crippen molar-refractivity contribution in [2.75, 3.05) is 11.9 Å². The first-order valence-corrected chi connectivity index (χ1v) is 7.63. The second kappa shape index (κ2) is 8.30. The van der Waals surface area contributed by atoms with Crippen LogP contribution in [0.2, 0.25) is 0 Å². The smallest absolute Gasteiger partial charge is 0.338 e. The molecule has 0 aliphatic heterocycles. The van der Waals surface area contributed by atoms with Gasteiger partial charge in [0.25, 0.3) is 11.7 Å². The van der Waals surface area contributed by atoms with Gasteiger partial charge in [-0.05, 0) is 36.4 Å². The summed E-state index contributed by atoms with van der Waals surface area (Å²) in [6.07, 6.45) is 0. The molecule has 2 N–H and O–H groups in total. The van der Waals surface area contributed by atoms with E-state index in [0.29, 0.717) is 11.8 Å². The number of esters is 1. The predicted octanol–water partition coefficient (Wildman–Crippen LogP) is 3.50. The second-order valence-electron chi connectivity index (χ2n) is 4.55. The van der Waals surface area contributed by atoms with Crippen LogP contribution >= 0.6 is 11.8 Å². The largest absolute Gasteiger partial charge is 0.508 e. The quantitative estimate of drug-likeness (QED) is 0.614. The number of halogens is 2. The maximum Gasteiger partial charge on any atom is 0.338 e. The molecular formula is C16H13F2NO4S. The zero-order valence-electron chi connectivity index (χ0n) is 12.2. The second-order valence-corrected chi connectivity index (χ2v) is 5.58. The number of hydrogen-bond acceptors (Lipinski definition) is 5. The normalized spacial score (nSPS) is 10.5. The van der Waals surface area contributed by atoms with Gasteiger partial charge in [0.2, 0.25) is 0 Å². The van der Waals surface area contributed by atoms with E-state index >= 15 is 0 Å². The Bertz CT molecular complexity index is 722. The number of hydrogen-bond donors (Lipinski definition) is 2. The van der Waals surface area contributed by atoms with Gasteiger partial charge < -0.3 is 15.2 Å². The molecule has 0 saturated heterocycles. The zero-order valence-corrected chi connectivity index (χ0v) is 13.1. The van der Waals surface area contributed by atoms with Crippen molar-refractivity contribution in [1.29, 1.82) is 0 Å². The molecule has 126 valence electrons. The Balaban J connectivity index is 1.92. The average molecular weight is 353 g/mol. The minimum Gasteiger partial charge on any atom is -0.508 e. The van der Waals surface area contributed by atoms with Crippen molar-refractivity contribution in [2.24, 2.45) is 0 Å². The van der Waals surface area contributed by atoms with E-state index in [0.717, 1.165) is 0 Å². The number of phenolic OH excluding ortho intramolecular Hbond substituents is 1. The Hall–Kier alpha value is -2.61. The highest BCUT2D eigenvalue weighted by Crippen LogP contribution is 2.31. The van der Waals surface area contributed by atoms with Gasteiger partial charge in [-0.25, -0.2) is 4.79 Å². The van der Waals surface area contributed by atoms with E-state index in [1.165, 1.54) is 36.4 Å². The van der Waals surface area contributed by atoms with E-state index in [1.807, 2.05) is 0 Å². The van der Waals surface area contributed by atoms with Crippen LogP contribution in [0.1, 0.15) is 10.4 Å². The maximum atomic E-state index is 12.5. The van der Waals surface area contributed by atoms with Crippen LogP contribution in [-0.4, -0.2) is 29.3 Å². The van der Waals surface area contributed by atoms with Crippen LogP contribution in [-0.2, 0) is 9.53 Å². The van der Waals surface area contributed by atoms with E-state index < -0.39 is 24.2 Å². The first-order chi connectivity index (χ1) is 11.5. The van der Waals surface area contributed by atoms with Crippen LogP contribution in [0.3, 0.4) is 0 Å². The molecule has 0 radical (unpaired) electrons. The summed E-state index contributed by atoms with van der Waals surface area (Å²) in [4.78, 5) is 23.8. The van der Waals surface area contributed by atoms with E-state index in [9.17, 15) is 18.4 Å². The Morgan fingerprint density at radius 1 is 1.12 bits per heavy atom. The fourth-order valence-electron chi connectivity index (χ4n) is 1.77. The van der Waals surface area contributed by atoms with Crippen molar-refractivity contribution < 1.29 is 28.2 Å². The number of ether oxygens (including phenoxy) is 1. The Morgan fingerprint density at radius 2 is 1.79 bits per heavy atom. The monoisotopic (exact) mass is 353 g/mol. The first-order valence-electron chi connectivity index (χ1n) is 6.75. The molecule has 0 spiro atoms. The van der Waals surface area contributed by atoms with E-state index in [4.69, 9.17) is 9.84 Å². The van der Waals surface area contributed by atoms with E-state index in [1.54, 1.807) is 12.1 Å². The lowest BCUT2D eigenvalue weighted by Crippen LogP contribution is -2.21. The van der Waals surface area contributed by atoms with Crippen LogP contribution in [0.15, 0.2) is 53.4 Å². The molecule has 0 atom stereocenters. The van der Waals surface area contributed by atoms with E-state index in [-0.39, 0.29) is 21.9 Å². The molecule has 0 bridgehead atoms. The molecule has 2 aromatic rings. The summed E-state index contributed by atoms with van der Waals surface area (Å²) in [6.45, 7) is -0.562. The number of carbonyl (C=O) groups excluding carboxylic acids is 2. The molecule has 2 aromatic carbocycles. The molecule has 0 aliphatic rings. The Labute approximate surface area is 140 Å². The van der Waals surface area contributed by atoms with Gasteiger partial charge in [0.15, 0.2) is 6.61 Å². The van der Waals surface area contributed by atoms with Crippen molar-refractivity contribution in [3.8, 4) is 5.75 Å². The number of rotatable bonds is 6. The summed E-state index contributed by atoms with van der Waals surface area (Å²) < 4.78 is 29.8. The number of thioether (sulfide) groups is 1. The van der Waals surface area contributed by atoms with Crippen molar-refractivity contribution in [3.63, 3.8) is 0 Å². The summed E-state index contributed by atoms with van der Waals surface area (Å²) >= 11 is 0.310. The number of phenols is 1. The topological polar surface area (TPSA) is 75.6 Å². The number of amides is 1. The van der Waals surface area contributed by atoms with Gasteiger partial charge in [-0.15, -0.1) is 0 Å². The highest BCUT2D eigenvalue weighted by atomic mass is 32.2. The number of benzene rings is 2. The third-order valence-corrected chi connectivity index (χ3v) is 3.60. The maximum absolute atomic E-state index is 12.5. The molecule has 0 heterocycles. The Kier molecular flexibility index (Phi) is 6.14. The van der Waals surface area contributed by atoms with Crippen molar-refractivity contribution in [2.45, 2.75) is 10.7 Å². The number of carbonyl (C=O) groups is 2. The summed E-state index contributed by atoms with van der Waals surface area (Å²) in [5.41, 5.74) is 0.391. The number of anilines is 1. The van der Waals surface area contributed by atoms with Crippen LogP contribution < -0.4 is 5.32 Å².